The lowest BCUT2D eigenvalue weighted by Crippen LogP contribution is -2.47. The van der Waals surface area contributed by atoms with Crippen LogP contribution in [0.2, 0.25) is 0 Å². The van der Waals surface area contributed by atoms with E-state index in [2.05, 4.69) is 43.6 Å². The summed E-state index contributed by atoms with van der Waals surface area (Å²) >= 11 is 3.62. The van der Waals surface area contributed by atoms with Crippen LogP contribution in [-0.2, 0) is 14.2 Å². The summed E-state index contributed by atoms with van der Waals surface area (Å²) in [7, 11) is 0. The predicted octanol–water partition coefficient (Wildman–Crippen LogP) is 8.63. The molecule has 176 valence electrons. The van der Waals surface area contributed by atoms with Gasteiger partial charge < -0.3 is 14.2 Å². The third kappa shape index (κ3) is 14.9. The van der Waals surface area contributed by atoms with Crippen molar-refractivity contribution in [2.45, 2.75) is 130 Å². The van der Waals surface area contributed by atoms with E-state index in [-0.39, 0.29) is 0 Å². The topological polar surface area (TPSA) is 27.7 Å². The van der Waals surface area contributed by atoms with Gasteiger partial charge in [0, 0.05) is 11.2 Å². The van der Waals surface area contributed by atoms with Crippen LogP contribution in [0.25, 0.3) is 0 Å². The van der Waals surface area contributed by atoms with Gasteiger partial charge in [-0.2, -0.15) is 0 Å². The van der Waals surface area contributed by atoms with Crippen LogP contribution in [-0.4, -0.2) is 31.1 Å². The Morgan fingerprint density at radius 1 is 0.552 bits per heavy atom. The van der Waals surface area contributed by atoms with Crippen LogP contribution in [0.3, 0.4) is 0 Å². The third-order valence-electron chi connectivity index (χ3n) is 5.50. The Morgan fingerprint density at radius 3 is 1.41 bits per heavy atom. The minimum atomic E-state index is -0.856. The van der Waals surface area contributed by atoms with Gasteiger partial charge in [-0.1, -0.05) is 101 Å². The number of ether oxygens (including phenoxy) is 3. The zero-order valence-corrected chi connectivity index (χ0v) is 21.7. The highest BCUT2D eigenvalue weighted by Gasteiger charge is 2.42. The molecule has 0 spiro atoms. The molecule has 0 aliphatic carbocycles. The quantitative estimate of drug-likeness (QED) is 0.0834. The molecule has 0 saturated heterocycles. The molecule has 0 heterocycles. The normalized spacial score (nSPS) is 13.1. The van der Waals surface area contributed by atoms with Gasteiger partial charge in [0.15, 0.2) is 0 Å². The Labute approximate surface area is 191 Å². The first kappa shape index (κ1) is 29.4. The molecular weight excluding hydrogens is 428 g/mol. The molecule has 3 nitrogen and oxygen atoms in total. The summed E-state index contributed by atoms with van der Waals surface area (Å²) in [5, 5.41) is 1.02. The van der Waals surface area contributed by atoms with Crippen molar-refractivity contribution in [2.24, 2.45) is 5.92 Å². The number of unbranched alkanes of at least 4 members (excludes halogenated alkanes) is 8. The molecule has 0 bridgehead atoms. The largest absolute Gasteiger partial charge is 0.327 e. The second-order valence-electron chi connectivity index (χ2n) is 8.29. The average molecular weight is 480 g/mol. The zero-order chi connectivity index (χ0) is 21.6. The van der Waals surface area contributed by atoms with E-state index in [1.807, 2.05) is 0 Å². The van der Waals surface area contributed by atoms with Crippen LogP contribution in [0.5, 0.6) is 0 Å². The average Bonchev–Trinajstić information content (AvgIpc) is 2.73. The van der Waals surface area contributed by atoms with E-state index in [0.29, 0.717) is 5.92 Å². The summed E-state index contributed by atoms with van der Waals surface area (Å²) < 4.78 is 19.4. The Kier molecular flexibility index (Phi) is 21.9. The number of hydrogen-bond acceptors (Lipinski definition) is 3. The number of alkyl halides is 1. The van der Waals surface area contributed by atoms with Crippen molar-refractivity contribution in [1.82, 2.24) is 0 Å². The molecule has 0 aliphatic heterocycles. The molecular formula is C25H51BrO3. The molecule has 0 amide bonds. The van der Waals surface area contributed by atoms with E-state index in [1.165, 1.54) is 38.5 Å². The predicted molar refractivity (Wildman–Crippen MR) is 130 cm³/mol. The molecule has 0 rings (SSSR count). The van der Waals surface area contributed by atoms with Crippen molar-refractivity contribution in [1.29, 1.82) is 0 Å². The third-order valence-corrected chi connectivity index (χ3v) is 6.06. The highest BCUT2D eigenvalue weighted by atomic mass is 79.9. The Balaban J connectivity index is 5.18. The fourth-order valence-electron chi connectivity index (χ4n) is 3.55. The molecule has 1 unspecified atom stereocenters. The molecule has 4 heteroatoms. The van der Waals surface area contributed by atoms with Crippen molar-refractivity contribution < 1.29 is 14.2 Å². The second kappa shape index (κ2) is 21.6. The van der Waals surface area contributed by atoms with E-state index in [4.69, 9.17) is 14.2 Å². The number of rotatable bonds is 23. The highest BCUT2D eigenvalue weighted by Crippen LogP contribution is 2.35. The molecule has 1 atom stereocenters. The molecule has 0 N–H and O–H groups in total. The fraction of sp³-hybridized carbons (Fsp3) is 1.00. The smallest absolute Gasteiger partial charge is 0.285 e. The van der Waals surface area contributed by atoms with Gasteiger partial charge in [-0.3, -0.25) is 0 Å². The molecule has 0 aliphatic rings. The summed E-state index contributed by atoms with van der Waals surface area (Å²) in [5.41, 5.74) is 0. The number of halogens is 1. The molecule has 0 aromatic heterocycles. The van der Waals surface area contributed by atoms with Crippen LogP contribution in [0.4, 0.5) is 0 Å². The minimum absolute atomic E-state index is 0.303. The standard InChI is InChI=1S/C25H51BrO3/c1-5-9-13-14-15-16-18-24(19-17-20-26)25(27-21-10-6-2,28-22-11-7-3)29-23-12-8-4/h24H,5-23H2,1-4H3. The first-order chi connectivity index (χ1) is 14.2. The van der Waals surface area contributed by atoms with Crippen LogP contribution in [0.15, 0.2) is 0 Å². The van der Waals surface area contributed by atoms with Gasteiger partial charge in [0.25, 0.3) is 5.97 Å². The molecule has 0 fully saturated rings. The molecule has 29 heavy (non-hydrogen) atoms. The van der Waals surface area contributed by atoms with E-state index >= 15 is 0 Å². The van der Waals surface area contributed by atoms with Gasteiger partial charge in [0.05, 0.1) is 19.8 Å². The zero-order valence-electron chi connectivity index (χ0n) is 20.1. The van der Waals surface area contributed by atoms with Gasteiger partial charge in [-0.25, -0.2) is 0 Å². The molecule has 0 aromatic rings. The SMILES string of the molecule is CCCCCCCCC(CCCBr)C(OCCCC)(OCCCC)OCCCC. The second-order valence-corrected chi connectivity index (χ2v) is 9.09. The lowest BCUT2D eigenvalue weighted by molar-refractivity contribution is -0.407. The van der Waals surface area contributed by atoms with Crippen LogP contribution in [0, 0.1) is 5.92 Å². The van der Waals surface area contributed by atoms with E-state index in [1.54, 1.807) is 0 Å². The van der Waals surface area contributed by atoms with Crippen molar-refractivity contribution in [2.75, 3.05) is 25.2 Å². The van der Waals surface area contributed by atoms with Gasteiger partial charge in [0.1, 0.15) is 0 Å². The lowest BCUT2D eigenvalue weighted by atomic mass is 9.93. The van der Waals surface area contributed by atoms with E-state index < -0.39 is 5.97 Å². The molecule has 0 aromatic carbocycles. The summed E-state index contributed by atoms with van der Waals surface area (Å²) in [6, 6.07) is 0. The van der Waals surface area contributed by atoms with E-state index in [9.17, 15) is 0 Å². The number of hydrogen-bond donors (Lipinski definition) is 0. The van der Waals surface area contributed by atoms with Crippen molar-refractivity contribution >= 4 is 15.9 Å². The molecule has 0 radical (unpaired) electrons. The van der Waals surface area contributed by atoms with Gasteiger partial charge in [-0.05, 0) is 38.5 Å². The summed E-state index contributed by atoms with van der Waals surface area (Å²) in [6.07, 6.45) is 17.8. The van der Waals surface area contributed by atoms with Crippen LogP contribution < -0.4 is 0 Å². The monoisotopic (exact) mass is 478 g/mol. The van der Waals surface area contributed by atoms with Crippen LogP contribution >= 0.6 is 15.9 Å². The van der Waals surface area contributed by atoms with Gasteiger partial charge >= 0.3 is 0 Å². The van der Waals surface area contributed by atoms with Crippen molar-refractivity contribution in [3.8, 4) is 0 Å². The summed E-state index contributed by atoms with van der Waals surface area (Å²) in [4.78, 5) is 0. The van der Waals surface area contributed by atoms with Gasteiger partial charge in [0.2, 0.25) is 0 Å². The van der Waals surface area contributed by atoms with E-state index in [0.717, 1.165) is 82.9 Å². The van der Waals surface area contributed by atoms with Gasteiger partial charge in [-0.15, -0.1) is 0 Å². The first-order valence-electron chi connectivity index (χ1n) is 12.7. The fourth-order valence-corrected chi connectivity index (χ4v) is 3.87. The molecule has 0 saturated carbocycles. The first-order valence-corrected chi connectivity index (χ1v) is 13.8. The van der Waals surface area contributed by atoms with Crippen molar-refractivity contribution in [3.05, 3.63) is 0 Å². The maximum Gasteiger partial charge on any atom is 0.285 e. The minimum Gasteiger partial charge on any atom is -0.327 e. The maximum atomic E-state index is 6.46. The lowest BCUT2D eigenvalue weighted by Gasteiger charge is -2.40. The highest BCUT2D eigenvalue weighted by molar-refractivity contribution is 9.09. The summed E-state index contributed by atoms with van der Waals surface area (Å²) in [6.45, 7) is 11.1. The Hall–Kier alpha value is 0.360. The maximum absolute atomic E-state index is 6.46. The Bertz CT molecular complexity index is 299. The Morgan fingerprint density at radius 2 is 0.966 bits per heavy atom. The van der Waals surface area contributed by atoms with Crippen LogP contribution in [0.1, 0.15) is 124 Å². The van der Waals surface area contributed by atoms with Crippen molar-refractivity contribution in [3.63, 3.8) is 0 Å². The summed E-state index contributed by atoms with van der Waals surface area (Å²) in [5.74, 6) is -0.553.